The Morgan fingerprint density at radius 2 is 1.84 bits per heavy atom. The zero-order chi connectivity index (χ0) is 22.5. The smallest absolute Gasteiger partial charge is 0.235 e. The quantitative estimate of drug-likeness (QED) is 0.462. The van der Waals surface area contributed by atoms with Crippen LogP contribution in [0.25, 0.3) is 22.3 Å². The maximum Gasteiger partial charge on any atom is 0.235 e. The van der Waals surface area contributed by atoms with Gasteiger partial charge in [0.25, 0.3) is 0 Å². The summed E-state index contributed by atoms with van der Waals surface area (Å²) in [4.78, 5) is 13.5. The molecule has 0 N–H and O–H groups in total. The molecule has 6 nitrogen and oxygen atoms in total. The van der Waals surface area contributed by atoms with Gasteiger partial charge in [-0.25, -0.2) is 0 Å². The first-order valence-electron chi connectivity index (χ1n) is 10.5. The molecule has 2 heterocycles. The zero-order valence-electron chi connectivity index (χ0n) is 18.1. The van der Waals surface area contributed by atoms with E-state index in [2.05, 4.69) is 6.08 Å². The number of benzene rings is 2. The third-order valence-corrected chi connectivity index (χ3v) is 6.38. The number of hydrogen-bond acceptors (Lipinski definition) is 6. The lowest BCUT2D eigenvalue weighted by molar-refractivity contribution is 0.0960. The van der Waals surface area contributed by atoms with Gasteiger partial charge >= 0.3 is 0 Å². The minimum Gasteiger partial charge on any atom is -0.493 e. The third-order valence-electron chi connectivity index (χ3n) is 6.15. The number of halogens is 1. The van der Waals surface area contributed by atoms with E-state index < -0.39 is 5.60 Å². The van der Waals surface area contributed by atoms with Crippen LogP contribution in [0.15, 0.2) is 45.6 Å². The Morgan fingerprint density at radius 1 is 1.03 bits per heavy atom. The number of methoxy groups -OCH3 is 3. The molecule has 0 saturated carbocycles. The molecule has 0 saturated heterocycles. The molecule has 166 valence electrons. The first-order chi connectivity index (χ1) is 15.5. The summed E-state index contributed by atoms with van der Waals surface area (Å²) in [5, 5.41) is 0.831. The van der Waals surface area contributed by atoms with Crippen molar-refractivity contribution in [2.45, 2.75) is 31.3 Å². The highest BCUT2D eigenvalue weighted by atomic mass is 35.5. The molecule has 1 atom stereocenters. The van der Waals surface area contributed by atoms with E-state index in [0.717, 1.165) is 24.8 Å². The largest absolute Gasteiger partial charge is 0.493 e. The second-order valence-corrected chi connectivity index (χ2v) is 8.37. The summed E-state index contributed by atoms with van der Waals surface area (Å²) in [6.07, 6.45) is 7.68. The predicted octanol–water partition coefficient (Wildman–Crippen LogP) is 5.86. The molecule has 0 amide bonds. The van der Waals surface area contributed by atoms with Gasteiger partial charge in [-0.1, -0.05) is 17.7 Å². The van der Waals surface area contributed by atoms with E-state index in [4.69, 9.17) is 35.0 Å². The fraction of sp³-hybridized carbons (Fsp3) is 0.320. The van der Waals surface area contributed by atoms with Crippen molar-refractivity contribution in [3.8, 4) is 34.3 Å². The van der Waals surface area contributed by atoms with Crippen LogP contribution in [0.5, 0.6) is 23.0 Å². The summed E-state index contributed by atoms with van der Waals surface area (Å²) >= 11 is 6.15. The summed E-state index contributed by atoms with van der Waals surface area (Å²) in [6, 6.07) is 6.80. The molecule has 2 aliphatic rings. The van der Waals surface area contributed by atoms with Crippen LogP contribution in [0.2, 0.25) is 5.02 Å². The molecule has 7 heteroatoms. The SMILES string of the molecule is COc1cc2c(c(OC)c1OC)C1(C=CCCCC1)Oc1c-2oc2ccc(Cl)cc2c1=O. The fourth-order valence-corrected chi connectivity index (χ4v) is 4.88. The van der Waals surface area contributed by atoms with Crippen LogP contribution < -0.4 is 24.4 Å². The summed E-state index contributed by atoms with van der Waals surface area (Å²) in [5.74, 6) is 1.93. The molecule has 0 radical (unpaired) electrons. The van der Waals surface area contributed by atoms with Crippen molar-refractivity contribution < 1.29 is 23.4 Å². The van der Waals surface area contributed by atoms with Crippen LogP contribution in [0.4, 0.5) is 0 Å². The topological polar surface area (TPSA) is 67.1 Å². The van der Waals surface area contributed by atoms with E-state index >= 15 is 0 Å². The van der Waals surface area contributed by atoms with Crippen molar-refractivity contribution in [2.24, 2.45) is 0 Å². The molecule has 0 bridgehead atoms. The van der Waals surface area contributed by atoms with Gasteiger partial charge in [0.05, 0.1) is 32.3 Å². The fourth-order valence-electron chi connectivity index (χ4n) is 4.71. The van der Waals surface area contributed by atoms with Gasteiger partial charge in [0.15, 0.2) is 22.9 Å². The molecule has 1 unspecified atom stereocenters. The monoisotopic (exact) mass is 454 g/mol. The summed E-state index contributed by atoms with van der Waals surface area (Å²) in [7, 11) is 4.71. The molecule has 1 aliphatic heterocycles. The Balaban J connectivity index is 1.93. The lowest BCUT2D eigenvalue weighted by Gasteiger charge is -2.38. The second-order valence-electron chi connectivity index (χ2n) is 7.94. The highest BCUT2D eigenvalue weighted by molar-refractivity contribution is 6.31. The van der Waals surface area contributed by atoms with Crippen molar-refractivity contribution in [3.05, 3.63) is 57.2 Å². The molecule has 32 heavy (non-hydrogen) atoms. The Bertz CT molecular complexity index is 1310. The van der Waals surface area contributed by atoms with Gasteiger partial charge in [0.2, 0.25) is 16.9 Å². The molecule has 1 aromatic heterocycles. The van der Waals surface area contributed by atoms with E-state index in [1.807, 2.05) is 12.1 Å². The molecule has 5 rings (SSSR count). The lowest BCUT2D eigenvalue weighted by atomic mass is 9.81. The maximum atomic E-state index is 13.5. The van der Waals surface area contributed by atoms with Crippen LogP contribution in [-0.2, 0) is 5.60 Å². The molecule has 2 aromatic carbocycles. The molecule has 1 aliphatic carbocycles. The van der Waals surface area contributed by atoms with Crippen LogP contribution in [0.1, 0.15) is 31.2 Å². The van der Waals surface area contributed by atoms with E-state index in [9.17, 15) is 4.79 Å². The van der Waals surface area contributed by atoms with Gasteiger partial charge in [-0.3, -0.25) is 4.79 Å². The first-order valence-corrected chi connectivity index (χ1v) is 10.9. The summed E-state index contributed by atoms with van der Waals surface area (Å²) in [6.45, 7) is 0. The van der Waals surface area contributed by atoms with E-state index in [1.165, 1.54) is 0 Å². The Labute approximate surface area is 190 Å². The van der Waals surface area contributed by atoms with Gasteiger partial charge < -0.3 is 23.4 Å². The normalized spacial score (nSPS) is 19.1. The van der Waals surface area contributed by atoms with E-state index in [-0.39, 0.29) is 11.2 Å². The predicted molar refractivity (Wildman–Crippen MR) is 123 cm³/mol. The average Bonchev–Trinajstić information content (AvgIpc) is 3.05. The Kier molecular flexibility index (Phi) is 5.05. The van der Waals surface area contributed by atoms with Crippen molar-refractivity contribution in [3.63, 3.8) is 0 Å². The minimum absolute atomic E-state index is 0.160. The first kappa shape index (κ1) is 20.8. The summed E-state index contributed by atoms with van der Waals surface area (Å²) < 4.78 is 29.9. The highest BCUT2D eigenvalue weighted by Crippen LogP contribution is 2.56. The lowest BCUT2D eigenvalue weighted by Crippen LogP contribution is -2.36. The van der Waals surface area contributed by atoms with Gasteiger partial charge in [-0.2, -0.15) is 0 Å². The standard InChI is InChI=1S/C25H23ClO6/c1-28-18-13-16-19(23(30-3)22(18)29-2)25(10-6-4-5-7-11-25)32-24-20(27)15-12-14(26)8-9-17(15)31-21(16)24/h6,8-10,12-13H,4-5,7,11H2,1-3H3. The Morgan fingerprint density at radius 3 is 2.59 bits per heavy atom. The second kappa shape index (κ2) is 7.78. The molecular formula is C25H23ClO6. The Hall–Kier alpha value is -3.12. The van der Waals surface area contributed by atoms with Crippen molar-refractivity contribution in [1.29, 1.82) is 0 Å². The van der Waals surface area contributed by atoms with Crippen LogP contribution in [-0.4, -0.2) is 21.3 Å². The average molecular weight is 455 g/mol. The van der Waals surface area contributed by atoms with Gasteiger partial charge in [0.1, 0.15) is 5.58 Å². The van der Waals surface area contributed by atoms with Crippen molar-refractivity contribution in [1.82, 2.24) is 0 Å². The number of fused-ring (bicyclic) bond motifs is 5. The molecular weight excluding hydrogens is 432 g/mol. The van der Waals surface area contributed by atoms with Crippen LogP contribution >= 0.6 is 11.6 Å². The minimum atomic E-state index is -0.898. The van der Waals surface area contributed by atoms with E-state index in [1.54, 1.807) is 39.5 Å². The van der Waals surface area contributed by atoms with E-state index in [0.29, 0.717) is 51.0 Å². The van der Waals surface area contributed by atoms with Crippen molar-refractivity contribution >= 4 is 22.6 Å². The molecule has 0 fully saturated rings. The highest BCUT2D eigenvalue weighted by Gasteiger charge is 2.46. The van der Waals surface area contributed by atoms with Gasteiger partial charge in [-0.15, -0.1) is 0 Å². The number of hydrogen-bond donors (Lipinski definition) is 0. The zero-order valence-corrected chi connectivity index (χ0v) is 18.9. The van der Waals surface area contributed by atoms with Crippen LogP contribution in [0, 0.1) is 0 Å². The number of ether oxygens (including phenoxy) is 4. The molecule has 3 aromatic rings. The third kappa shape index (κ3) is 2.97. The number of allylic oxidation sites excluding steroid dienone is 1. The summed E-state index contributed by atoms with van der Waals surface area (Å²) in [5.41, 5.74) is 0.708. The van der Waals surface area contributed by atoms with Gasteiger partial charge in [-0.05, 0) is 56.0 Å². The van der Waals surface area contributed by atoms with Crippen molar-refractivity contribution in [2.75, 3.05) is 21.3 Å². The number of rotatable bonds is 3. The molecule has 1 spiro atoms. The van der Waals surface area contributed by atoms with Gasteiger partial charge in [0, 0.05) is 10.6 Å². The maximum absolute atomic E-state index is 13.5. The van der Waals surface area contributed by atoms with Crippen LogP contribution in [0.3, 0.4) is 0 Å².